The molecule has 0 amide bonds. The zero-order valence-corrected chi connectivity index (χ0v) is 12.4. The molecule has 0 aromatic heterocycles. The molecule has 3 N–H and O–H groups in total. The lowest BCUT2D eigenvalue weighted by Gasteiger charge is -2.24. The number of nitrogens with zero attached hydrogens (tertiary/aromatic N) is 1. The Hall–Kier alpha value is -1.08. The van der Waals surface area contributed by atoms with Crippen molar-refractivity contribution in [1.29, 1.82) is 0 Å². The Morgan fingerprint density at radius 1 is 1.05 bits per heavy atom. The third-order valence-electron chi connectivity index (χ3n) is 3.30. The van der Waals surface area contributed by atoms with Crippen molar-refractivity contribution in [3.05, 3.63) is 35.4 Å². The average molecular weight is 302 g/mol. The van der Waals surface area contributed by atoms with Gasteiger partial charge >= 0.3 is 0 Å². The monoisotopic (exact) mass is 302 g/mol. The first-order valence-electron chi connectivity index (χ1n) is 7.24. The highest BCUT2D eigenvalue weighted by Gasteiger charge is 2.14. The molecule has 0 saturated heterocycles. The summed E-state index contributed by atoms with van der Waals surface area (Å²) in [6.45, 7) is 4.20. The van der Waals surface area contributed by atoms with Crippen LogP contribution in [-0.4, -0.2) is 54.5 Å². The minimum Gasteiger partial charge on any atom is -0.395 e. The van der Waals surface area contributed by atoms with E-state index in [4.69, 9.17) is 10.2 Å². The molecule has 1 aromatic rings. The van der Waals surface area contributed by atoms with Crippen LogP contribution in [0.1, 0.15) is 24.9 Å². The van der Waals surface area contributed by atoms with Gasteiger partial charge in [0.1, 0.15) is 11.6 Å². The Bertz CT molecular complexity index is 392. The third kappa shape index (κ3) is 6.48. The maximum absolute atomic E-state index is 13.3. The molecule has 4 nitrogen and oxygen atoms in total. The number of rotatable bonds is 10. The summed E-state index contributed by atoms with van der Waals surface area (Å²) in [5.74, 6) is -1.18. The summed E-state index contributed by atoms with van der Waals surface area (Å²) in [7, 11) is 0. The molecule has 0 aliphatic carbocycles. The van der Waals surface area contributed by atoms with Crippen LogP contribution < -0.4 is 5.32 Å². The van der Waals surface area contributed by atoms with Crippen LogP contribution >= 0.6 is 0 Å². The first kappa shape index (κ1) is 18.0. The van der Waals surface area contributed by atoms with Gasteiger partial charge in [-0.2, -0.15) is 0 Å². The van der Waals surface area contributed by atoms with Crippen molar-refractivity contribution in [3.8, 4) is 0 Å². The fourth-order valence-electron chi connectivity index (χ4n) is 2.34. The first-order chi connectivity index (χ1) is 10.1. The van der Waals surface area contributed by atoms with Crippen LogP contribution in [0.25, 0.3) is 0 Å². The predicted molar refractivity (Wildman–Crippen MR) is 78.0 cm³/mol. The summed E-state index contributed by atoms with van der Waals surface area (Å²) >= 11 is 0. The van der Waals surface area contributed by atoms with E-state index in [0.29, 0.717) is 38.2 Å². The molecule has 0 spiro atoms. The minimum absolute atomic E-state index is 0.0144. The zero-order chi connectivity index (χ0) is 15.7. The fraction of sp³-hybridized carbons (Fsp3) is 0.600. The molecule has 0 radical (unpaired) electrons. The van der Waals surface area contributed by atoms with Gasteiger partial charge in [-0.25, -0.2) is 8.78 Å². The molecule has 0 aliphatic heterocycles. The van der Waals surface area contributed by atoms with Gasteiger partial charge < -0.3 is 15.5 Å². The van der Waals surface area contributed by atoms with Gasteiger partial charge in [-0.05, 0) is 30.7 Å². The molecule has 120 valence electrons. The van der Waals surface area contributed by atoms with E-state index in [1.165, 1.54) is 12.1 Å². The number of hydrogen-bond donors (Lipinski definition) is 3. The molecule has 0 bridgehead atoms. The number of hydrogen-bond acceptors (Lipinski definition) is 4. The lowest BCUT2D eigenvalue weighted by atomic mass is 10.0. The van der Waals surface area contributed by atoms with E-state index in [1.54, 1.807) is 0 Å². The number of aliphatic hydroxyl groups is 2. The van der Waals surface area contributed by atoms with Crippen LogP contribution in [0, 0.1) is 11.6 Å². The average Bonchev–Trinajstić information content (AvgIpc) is 2.42. The SMILES string of the molecule is CCNC(CCN(CCO)CCO)c1cc(F)cc(F)c1. The Morgan fingerprint density at radius 2 is 1.62 bits per heavy atom. The topological polar surface area (TPSA) is 55.7 Å². The van der Waals surface area contributed by atoms with Crippen LogP contribution in [-0.2, 0) is 0 Å². The van der Waals surface area contributed by atoms with E-state index >= 15 is 0 Å². The molecule has 0 saturated carbocycles. The van der Waals surface area contributed by atoms with Crippen LogP contribution in [0.15, 0.2) is 18.2 Å². The molecule has 1 rings (SSSR count). The van der Waals surface area contributed by atoms with E-state index in [0.717, 1.165) is 6.07 Å². The van der Waals surface area contributed by atoms with Crippen LogP contribution in [0.4, 0.5) is 8.78 Å². The van der Waals surface area contributed by atoms with Gasteiger partial charge in [-0.15, -0.1) is 0 Å². The highest BCUT2D eigenvalue weighted by Crippen LogP contribution is 2.20. The van der Waals surface area contributed by atoms with Crippen molar-refractivity contribution < 1.29 is 19.0 Å². The molecule has 0 heterocycles. The van der Waals surface area contributed by atoms with Crippen molar-refractivity contribution in [2.45, 2.75) is 19.4 Å². The van der Waals surface area contributed by atoms with E-state index < -0.39 is 11.6 Å². The first-order valence-corrected chi connectivity index (χ1v) is 7.24. The molecule has 0 aliphatic rings. The maximum Gasteiger partial charge on any atom is 0.126 e. The van der Waals surface area contributed by atoms with E-state index in [2.05, 4.69) is 5.32 Å². The van der Waals surface area contributed by atoms with E-state index in [1.807, 2.05) is 11.8 Å². The van der Waals surface area contributed by atoms with Crippen molar-refractivity contribution in [2.24, 2.45) is 0 Å². The molecular weight excluding hydrogens is 278 g/mol. The Morgan fingerprint density at radius 3 is 2.10 bits per heavy atom. The van der Waals surface area contributed by atoms with Gasteiger partial charge in [-0.1, -0.05) is 6.92 Å². The number of aliphatic hydroxyl groups excluding tert-OH is 2. The Balaban J connectivity index is 2.72. The van der Waals surface area contributed by atoms with Crippen molar-refractivity contribution >= 4 is 0 Å². The molecule has 6 heteroatoms. The van der Waals surface area contributed by atoms with Crippen molar-refractivity contribution in [3.63, 3.8) is 0 Å². The van der Waals surface area contributed by atoms with Crippen molar-refractivity contribution in [1.82, 2.24) is 10.2 Å². The minimum atomic E-state index is -0.588. The van der Waals surface area contributed by atoms with Gasteiger partial charge in [0.15, 0.2) is 0 Å². The summed E-state index contributed by atoms with van der Waals surface area (Å²) in [6.07, 6.45) is 0.636. The van der Waals surface area contributed by atoms with E-state index in [-0.39, 0.29) is 19.3 Å². The Labute approximate surface area is 124 Å². The molecular formula is C15H24F2N2O2. The summed E-state index contributed by atoms with van der Waals surface area (Å²) < 4.78 is 26.6. The quantitative estimate of drug-likeness (QED) is 0.610. The second kappa shape index (κ2) is 9.78. The summed E-state index contributed by atoms with van der Waals surface area (Å²) in [4.78, 5) is 1.92. The zero-order valence-electron chi connectivity index (χ0n) is 12.4. The maximum atomic E-state index is 13.3. The predicted octanol–water partition coefficient (Wildman–Crippen LogP) is 1.29. The van der Waals surface area contributed by atoms with Gasteiger partial charge in [-0.3, -0.25) is 4.90 Å². The van der Waals surface area contributed by atoms with Gasteiger partial charge in [0, 0.05) is 31.7 Å². The smallest absolute Gasteiger partial charge is 0.126 e. The highest BCUT2D eigenvalue weighted by atomic mass is 19.1. The molecule has 21 heavy (non-hydrogen) atoms. The summed E-state index contributed by atoms with van der Waals surface area (Å²) in [5.41, 5.74) is 0.572. The van der Waals surface area contributed by atoms with Gasteiger partial charge in [0.25, 0.3) is 0 Å². The molecule has 1 aromatic carbocycles. The number of nitrogens with one attached hydrogen (secondary N) is 1. The lowest BCUT2D eigenvalue weighted by Crippen LogP contribution is -2.33. The normalized spacial score (nSPS) is 12.9. The fourth-order valence-corrected chi connectivity index (χ4v) is 2.34. The number of halogens is 2. The third-order valence-corrected chi connectivity index (χ3v) is 3.30. The molecule has 1 atom stereocenters. The second-order valence-corrected chi connectivity index (χ2v) is 4.89. The standard InChI is InChI=1S/C15H24F2N2O2/c1-2-18-15(3-4-19(5-7-20)6-8-21)12-9-13(16)11-14(17)10-12/h9-11,15,18,20-21H,2-8H2,1H3. The van der Waals surface area contributed by atoms with Crippen LogP contribution in [0.3, 0.4) is 0 Å². The largest absolute Gasteiger partial charge is 0.395 e. The Kier molecular flexibility index (Phi) is 8.37. The molecule has 1 unspecified atom stereocenters. The second-order valence-electron chi connectivity index (χ2n) is 4.89. The van der Waals surface area contributed by atoms with Crippen LogP contribution in [0.5, 0.6) is 0 Å². The summed E-state index contributed by atoms with van der Waals surface area (Å²) in [6, 6.07) is 3.36. The van der Waals surface area contributed by atoms with Crippen LogP contribution in [0.2, 0.25) is 0 Å². The number of benzene rings is 1. The van der Waals surface area contributed by atoms with E-state index in [9.17, 15) is 8.78 Å². The van der Waals surface area contributed by atoms with Crippen molar-refractivity contribution in [2.75, 3.05) is 39.4 Å². The molecule has 0 fully saturated rings. The van der Waals surface area contributed by atoms with Gasteiger partial charge in [0.2, 0.25) is 0 Å². The highest BCUT2D eigenvalue weighted by molar-refractivity contribution is 5.21. The summed E-state index contributed by atoms with van der Waals surface area (Å²) in [5, 5.41) is 21.2. The van der Waals surface area contributed by atoms with Gasteiger partial charge in [0.05, 0.1) is 13.2 Å². The lowest BCUT2D eigenvalue weighted by molar-refractivity contribution is 0.156.